The van der Waals surface area contributed by atoms with E-state index in [0.717, 1.165) is 17.2 Å². The van der Waals surface area contributed by atoms with Gasteiger partial charge in [-0.25, -0.2) is 4.79 Å². The van der Waals surface area contributed by atoms with Crippen LogP contribution in [0.1, 0.15) is 41.4 Å². The second-order valence-corrected chi connectivity index (χ2v) is 9.37. The first-order valence-electron chi connectivity index (χ1n) is 12.4. The Morgan fingerprint density at radius 2 is 1.48 bits per heavy atom. The van der Waals surface area contributed by atoms with E-state index in [0.29, 0.717) is 5.56 Å². The molecule has 0 unspecified atom stereocenters. The van der Waals surface area contributed by atoms with Crippen molar-refractivity contribution in [1.82, 2.24) is 0 Å². The summed E-state index contributed by atoms with van der Waals surface area (Å²) in [4.78, 5) is 25.9. The van der Waals surface area contributed by atoms with Gasteiger partial charge in [-0.15, -0.1) is 0 Å². The van der Waals surface area contributed by atoms with Crippen LogP contribution in [-0.2, 0) is 6.18 Å². The van der Waals surface area contributed by atoms with Gasteiger partial charge >= 0.3 is 12.1 Å². The Labute approximate surface area is 227 Å². The van der Waals surface area contributed by atoms with Crippen LogP contribution in [0, 0.1) is 0 Å². The molecular weight excluding hydrogens is 521 g/mol. The van der Waals surface area contributed by atoms with Crippen LogP contribution in [0.4, 0.5) is 13.2 Å². The third kappa shape index (κ3) is 5.47. The third-order valence-corrected chi connectivity index (χ3v) is 6.27. The van der Waals surface area contributed by atoms with Gasteiger partial charge in [0.15, 0.2) is 0 Å². The molecule has 5 nitrogen and oxygen atoms in total. The van der Waals surface area contributed by atoms with Gasteiger partial charge in [0, 0.05) is 6.07 Å². The van der Waals surface area contributed by atoms with Crippen LogP contribution in [0.25, 0.3) is 22.1 Å². The topological polar surface area (TPSA) is 65.7 Å². The van der Waals surface area contributed by atoms with Crippen molar-refractivity contribution < 1.29 is 31.9 Å². The van der Waals surface area contributed by atoms with E-state index in [1.54, 1.807) is 42.5 Å². The maximum Gasteiger partial charge on any atom is 0.453 e. The molecule has 8 heteroatoms. The minimum Gasteiger partial charge on any atom is -0.449 e. The Morgan fingerprint density at radius 1 is 0.825 bits per heavy atom. The van der Waals surface area contributed by atoms with Crippen molar-refractivity contribution in [2.75, 3.05) is 0 Å². The molecule has 0 bridgehead atoms. The van der Waals surface area contributed by atoms with Crippen LogP contribution in [0.3, 0.4) is 0 Å². The lowest BCUT2D eigenvalue weighted by molar-refractivity contribution is -0.154. The molecule has 0 aliphatic heterocycles. The van der Waals surface area contributed by atoms with Crippen LogP contribution in [-0.4, -0.2) is 5.97 Å². The fourth-order valence-electron chi connectivity index (χ4n) is 4.25. The van der Waals surface area contributed by atoms with E-state index in [1.165, 1.54) is 18.2 Å². The van der Waals surface area contributed by atoms with Crippen molar-refractivity contribution in [3.8, 4) is 28.4 Å². The molecule has 0 aliphatic rings. The number of fused-ring (bicyclic) bond motifs is 1. The second-order valence-electron chi connectivity index (χ2n) is 9.37. The lowest BCUT2D eigenvalue weighted by Gasteiger charge is -2.16. The number of para-hydroxylation sites is 1. The van der Waals surface area contributed by atoms with Crippen molar-refractivity contribution in [2.45, 2.75) is 25.9 Å². The highest BCUT2D eigenvalue weighted by atomic mass is 19.4. The molecule has 0 radical (unpaired) electrons. The van der Waals surface area contributed by atoms with Gasteiger partial charge in [-0.1, -0.05) is 74.5 Å². The van der Waals surface area contributed by atoms with E-state index in [9.17, 15) is 22.8 Å². The molecule has 0 saturated carbocycles. The Morgan fingerprint density at radius 3 is 2.15 bits per heavy atom. The molecule has 0 saturated heterocycles. The number of ether oxygens (including phenoxy) is 2. The van der Waals surface area contributed by atoms with Gasteiger partial charge in [0.2, 0.25) is 11.2 Å². The van der Waals surface area contributed by atoms with Crippen molar-refractivity contribution in [3.63, 3.8) is 0 Å². The van der Waals surface area contributed by atoms with Gasteiger partial charge in [-0.3, -0.25) is 4.79 Å². The number of alkyl halides is 3. The molecule has 202 valence electrons. The Kier molecular flexibility index (Phi) is 7.17. The summed E-state index contributed by atoms with van der Waals surface area (Å²) in [5.41, 5.74) is 1.36. The summed E-state index contributed by atoms with van der Waals surface area (Å²) in [6.45, 7) is 3.71. The standard InChI is InChI=1S/C32H23F3O5/c1-19(2)24-10-6-7-11-26(24)39-29-28(36)25-17-16-23(18-27(25)40-30(29)32(33,34)35)38-31(37)22-14-12-21(13-15-22)20-8-4-3-5-9-20/h3-19H,1-2H3. The fraction of sp³-hybridized carbons (Fsp3) is 0.125. The highest BCUT2D eigenvalue weighted by molar-refractivity contribution is 5.92. The van der Waals surface area contributed by atoms with E-state index in [1.807, 2.05) is 44.2 Å². The lowest BCUT2D eigenvalue weighted by Crippen LogP contribution is -2.16. The van der Waals surface area contributed by atoms with Crippen LogP contribution in [0.2, 0.25) is 0 Å². The van der Waals surface area contributed by atoms with Gasteiger partial charge in [0.25, 0.3) is 5.76 Å². The third-order valence-electron chi connectivity index (χ3n) is 6.27. The number of esters is 1. The molecule has 40 heavy (non-hydrogen) atoms. The zero-order valence-electron chi connectivity index (χ0n) is 21.5. The van der Waals surface area contributed by atoms with E-state index in [2.05, 4.69) is 0 Å². The summed E-state index contributed by atoms with van der Waals surface area (Å²) in [7, 11) is 0. The highest BCUT2D eigenvalue weighted by Crippen LogP contribution is 2.40. The van der Waals surface area contributed by atoms with E-state index in [-0.39, 0.29) is 28.4 Å². The number of carbonyl (C=O) groups excluding carboxylic acids is 1. The molecular formula is C32H23F3O5. The van der Waals surface area contributed by atoms with Crippen molar-refractivity contribution in [3.05, 3.63) is 124 Å². The number of benzene rings is 4. The van der Waals surface area contributed by atoms with Crippen LogP contribution < -0.4 is 14.9 Å². The number of hydrogen-bond donors (Lipinski definition) is 0. The fourth-order valence-corrected chi connectivity index (χ4v) is 4.25. The van der Waals surface area contributed by atoms with E-state index < -0.39 is 34.7 Å². The van der Waals surface area contributed by atoms with Crippen molar-refractivity contribution in [1.29, 1.82) is 0 Å². The Bertz CT molecular complexity index is 1740. The van der Waals surface area contributed by atoms with Gasteiger partial charge < -0.3 is 13.9 Å². The summed E-state index contributed by atoms with van der Waals surface area (Å²) in [5.74, 6) is -3.29. The Balaban J connectivity index is 1.47. The minimum absolute atomic E-state index is 0.0650. The number of halogens is 3. The van der Waals surface area contributed by atoms with Gasteiger partial charge in [0.05, 0.1) is 10.9 Å². The minimum atomic E-state index is -5.03. The summed E-state index contributed by atoms with van der Waals surface area (Å²) < 4.78 is 58.1. The van der Waals surface area contributed by atoms with Gasteiger partial charge in [-0.05, 0) is 52.9 Å². The first-order chi connectivity index (χ1) is 19.1. The number of carbonyl (C=O) groups is 1. The van der Waals surface area contributed by atoms with Crippen LogP contribution >= 0.6 is 0 Å². The molecule has 5 aromatic rings. The first-order valence-corrected chi connectivity index (χ1v) is 12.4. The molecule has 1 aromatic heterocycles. The molecule has 5 rings (SSSR count). The van der Waals surface area contributed by atoms with Crippen molar-refractivity contribution in [2.24, 2.45) is 0 Å². The zero-order valence-corrected chi connectivity index (χ0v) is 21.5. The van der Waals surface area contributed by atoms with E-state index in [4.69, 9.17) is 13.9 Å². The molecule has 0 amide bonds. The van der Waals surface area contributed by atoms with Gasteiger partial charge in [0.1, 0.15) is 17.1 Å². The quantitative estimate of drug-likeness (QED) is 0.158. The number of hydrogen-bond acceptors (Lipinski definition) is 5. The molecule has 0 atom stereocenters. The largest absolute Gasteiger partial charge is 0.453 e. The van der Waals surface area contributed by atoms with Crippen LogP contribution in [0.5, 0.6) is 17.2 Å². The van der Waals surface area contributed by atoms with Crippen LogP contribution in [0.15, 0.2) is 106 Å². The maximum atomic E-state index is 14.0. The molecule has 0 spiro atoms. The normalized spacial score (nSPS) is 11.6. The predicted molar refractivity (Wildman–Crippen MR) is 145 cm³/mol. The molecule has 1 heterocycles. The number of rotatable bonds is 6. The summed E-state index contributed by atoms with van der Waals surface area (Å²) in [6, 6.07) is 26.5. The van der Waals surface area contributed by atoms with Crippen molar-refractivity contribution >= 4 is 16.9 Å². The maximum absolute atomic E-state index is 14.0. The lowest BCUT2D eigenvalue weighted by atomic mass is 10.0. The summed E-state index contributed by atoms with van der Waals surface area (Å²) >= 11 is 0. The molecule has 0 N–H and O–H groups in total. The first kappa shape index (κ1) is 26.7. The van der Waals surface area contributed by atoms with E-state index >= 15 is 0 Å². The smallest absolute Gasteiger partial charge is 0.449 e. The average Bonchev–Trinajstić information content (AvgIpc) is 2.94. The molecule has 0 aliphatic carbocycles. The zero-order chi connectivity index (χ0) is 28.4. The molecule has 0 fully saturated rings. The SMILES string of the molecule is CC(C)c1ccccc1Oc1c(C(F)(F)F)oc2cc(OC(=O)c3ccc(-c4ccccc4)cc3)ccc2c1=O. The van der Waals surface area contributed by atoms with Gasteiger partial charge in [-0.2, -0.15) is 13.2 Å². The second kappa shape index (κ2) is 10.7. The molecule has 4 aromatic carbocycles. The summed E-state index contributed by atoms with van der Waals surface area (Å²) in [6.07, 6.45) is -5.03. The summed E-state index contributed by atoms with van der Waals surface area (Å²) in [5, 5.41) is -0.156. The monoisotopic (exact) mass is 544 g/mol. The average molecular weight is 545 g/mol. The predicted octanol–water partition coefficient (Wildman–Crippen LogP) is 8.61. The highest BCUT2D eigenvalue weighted by Gasteiger charge is 2.40. The Hall–Kier alpha value is -4.85.